The van der Waals surface area contributed by atoms with Gasteiger partial charge in [-0.3, -0.25) is 15.0 Å². The molecule has 1 aromatic carbocycles. The molecule has 0 radical (unpaired) electrons. The SMILES string of the molecule is Cc1nn(-c2ccccc2)c(C)c1CN(C)CC(=O)Nc1cc(C(C)C)no1. The van der Waals surface area contributed by atoms with E-state index in [1.165, 1.54) is 0 Å². The van der Waals surface area contributed by atoms with Crippen molar-refractivity contribution in [2.24, 2.45) is 0 Å². The fourth-order valence-electron chi connectivity index (χ4n) is 3.09. The Kier molecular flexibility index (Phi) is 5.94. The van der Waals surface area contributed by atoms with E-state index >= 15 is 0 Å². The molecule has 3 aromatic rings. The van der Waals surface area contributed by atoms with Crippen molar-refractivity contribution in [1.29, 1.82) is 0 Å². The highest BCUT2D eigenvalue weighted by Gasteiger charge is 2.17. The Morgan fingerprint density at radius 2 is 1.96 bits per heavy atom. The van der Waals surface area contributed by atoms with Crippen LogP contribution in [0, 0.1) is 13.8 Å². The molecule has 2 heterocycles. The van der Waals surface area contributed by atoms with Gasteiger partial charge in [0.25, 0.3) is 0 Å². The molecule has 0 saturated carbocycles. The number of benzene rings is 1. The van der Waals surface area contributed by atoms with Crippen LogP contribution < -0.4 is 5.32 Å². The summed E-state index contributed by atoms with van der Waals surface area (Å²) in [6.45, 7) is 8.98. The van der Waals surface area contributed by atoms with E-state index in [1.807, 2.05) is 67.7 Å². The Labute approximate surface area is 165 Å². The zero-order valence-corrected chi connectivity index (χ0v) is 17.1. The molecule has 7 nitrogen and oxygen atoms in total. The molecule has 0 fully saturated rings. The number of nitrogens with zero attached hydrogens (tertiary/aromatic N) is 4. The van der Waals surface area contributed by atoms with Crippen LogP contribution in [0.5, 0.6) is 0 Å². The number of anilines is 1. The molecule has 0 aliphatic carbocycles. The van der Waals surface area contributed by atoms with Gasteiger partial charge in [0.2, 0.25) is 11.8 Å². The minimum absolute atomic E-state index is 0.139. The third-order valence-electron chi connectivity index (χ3n) is 4.67. The van der Waals surface area contributed by atoms with Crippen molar-refractivity contribution >= 4 is 11.8 Å². The van der Waals surface area contributed by atoms with Crippen LogP contribution in [0.2, 0.25) is 0 Å². The largest absolute Gasteiger partial charge is 0.338 e. The minimum Gasteiger partial charge on any atom is -0.338 e. The number of aryl methyl sites for hydroxylation is 1. The molecule has 0 atom stereocenters. The van der Waals surface area contributed by atoms with Gasteiger partial charge in [-0.05, 0) is 38.9 Å². The summed E-state index contributed by atoms with van der Waals surface area (Å²) in [6.07, 6.45) is 0. The van der Waals surface area contributed by atoms with Gasteiger partial charge in [0.1, 0.15) is 0 Å². The lowest BCUT2D eigenvalue weighted by Gasteiger charge is -2.16. The van der Waals surface area contributed by atoms with Crippen LogP contribution >= 0.6 is 0 Å². The van der Waals surface area contributed by atoms with Crippen LogP contribution in [0.1, 0.15) is 42.4 Å². The topological polar surface area (TPSA) is 76.2 Å². The van der Waals surface area contributed by atoms with Crippen molar-refractivity contribution in [3.8, 4) is 5.69 Å². The van der Waals surface area contributed by atoms with Gasteiger partial charge in [0.05, 0.1) is 23.6 Å². The van der Waals surface area contributed by atoms with Crippen molar-refractivity contribution in [2.75, 3.05) is 18.9 Å². The second-order valence-electron chi connectivity index (χ2n) is 7.39. The maximum Gasteiger partial charge on any atom is 0.240 e. The van der Waals surface area contributed by atoms with Crippen molar-refractivity contribution < 1.29 is 9.32 Å². The number of hydrogen-bond donors (Lipinski definition) is 1. The van der Waals surface area contributed by atoms with E-state index in [1.54, 1.807) is 6.07 Å². The van der Waals surface area contributed by atoms with Gasteiger partial charge in [0, 0.05) is 23.9 Å². The molecule has 0 spiro atoms. The van der Waals surface area contributed by atoms with E-state index in [4.69, 9.17) is 4.52 Å². The summed E-state index contributed by atoms with van der Waals surface area (Å²) in [5.41, 5.74) is 5.02. The molecule has 0 aliphatic rings. The fourth-order valence-corrected chi connectivity index (χ4v) is 3.09. The number of aromatic nitrogens is 3. The van der Waals surface area contributed by atoms with E-state index in [2.05, 4.69) is 22.5 Å². The van der Waals surface area contributed by atoms with Crippen LogP contribution in [-0.4, -0.2) is 39.3 Å². The smallest absolute Gasteiger partial charge is 0.240 e. The second kappa shape index (κ2) is 8.39. The Morgan fingerprint density at radius 3 is 2.61 bits per heavy atom. The predicted molar refractivity (Wildman–Crippen MR) is 109 cm³/mol. The Hall–Kier alpha value is -2.93. The first kappa shape index (κ1) is 19.8. The van der Waals surface area contributed by atoms with Crippen LogP contribution in [0.25, 0.3) is 5.69 Å². The molecule has 28 heavy (non-hydrogen) atoms. The molecule has 3 rings (SSSR count). The number of likely N-dealkylation sites (N-methyl/N-ethyl adjacent to an activating group) is 1. The predicted octanol–water partition coefficient (Wildman–Crippen LogP) is 3.67. The highest BCUT2D eigenvalue weighted by molar-refractivity contribution is 5.90. The number of nitrogens with one attached hydrogen (secondary N) is 1. The van der Waals surface area contributed by atoms with Crippen LogP contribution in [-0.2, 0) is 11.3 Å². The molecule has 1 N–H and O–H groups in total. The number of carbonyl (C=O) groups is 1. The first-order valence-electron chi connectivity index (χ1n) is 9.40. The second-order valence-corrected chi connectivity index (χ2v) is 7.39. The molecule has 0 saturated heterocycles. The molecule has 7 heteroatoms. The molecule has 0 bridgehead atoms. The first-order chi connectivity index (χ1) is 13.3. The Balaban J connectivity index is 1.63. The van der Waals surface area contributed by atoms with E-state index in [9.17, 15) is 4.79 Å². The normalized spacial score (nSPS) is 11.4. The lowest BCUT2D eigenvalue weighted by atomic mass is 10.1. The molecule has 0 unspecified atom stereocenters. The quantitative estimate of drug-likeness (QED) is 0.676. The zero-order chi connectivity index (χ0) is 20.3. The van der Waals surface area contributed by atoms with Gasteiger partial charge >= 0.3 is 0 Å². The lowest BCUT2D eigenvalue weighted by Crippen LogP contribution is -2.30. The molecular weight excluding hydrogens is 354 g/mol. The maximum absolute atomic E-state index is 12.3. The Morgan fingerprint density at radius 1 is 1.25 bits per heavy atom. The molecule has 1 amide bonds. The average molecular weight is 381 g/mol. The van der Waals surface area contributed by atoms with Gasteiger partial charge < -0.3 is 4.52 Å². The first-order valence-corrected chi connectivity index (χ1v) is 9.40. The van der Waals surface area contributed by atoms with Crippen LogP contribution in [0.15, 0.2) is 40.9 Å². The number of para-hydroxylation sites is 1. The van der Waals surface area contributed by atoms with E-state index in [0.717, 1.165) is 28.3 Å². The highest BCUT2D eigenvalue weighted by Crippen LogP contribution is 2.20. The van der Waals surface area contributed by atoms with Gasteiger partial charge in [-0.1, -0.05) is 37.2 Å². The van der Waals surface area contributed by atoms with Crippen LogP contribution in [0.4, 0.5) is 5.88 Å². The summed E-state index contributed by atoms with van der Waals surface area (Å²) in [4.78, 5) is 14.3. The minimum atomic E-state index is -0.139. The molecular formula is C21H27N5O2. The van der Waals surface area contributed by atoms with Crippen molar-refractivity contribution in [1.82, 2.24) is 19.8 Å². The van der Waals surface area contributed by atoms with E-state index in [-0.39, 0.29) is 18.4 Å². The maximum atomic E-state index is 12.3. The van der Waals surface area contributed by atoms with Crippen molar-refractivity contribution in [3.63, 3.8) is 0 Å². The van der Waals surface area contributed by atoms with E-state index < -0.39 is 0 Å². The number of amides is 1. The third-order valence-corrected chi connectivity index (χ3v) is 4.67. The summed E-state index contributed by atoms with van der Waals surface area (Å²) < 4.78 is 7.12. The third kappa shape index (κ3) is 4.48. The molecule has 2 aromatic heterocycles. The highest BCUT2D eigenvalue weighted by atomic mass is 16.5. The molecule has 148 valence electrons. The van der Waals surface area contributed by atoms with Crippen LogP contribution in [0.3, 0.4) is 0 Å². The standard InChI is InChI=1S/C21H27N5O2/c1-14(2)19-11-21(28-24-19)22-20(27)13-25(5)12-18-15(3)23-26(16(18)4)17-9-7-6-8-10-17/h6-11,14H,12-13H2,1-5H3,(H,22,27). The van der Waals surface area contributed by atoms with E-state index in [0.29, 0.717) is 12.4 Å². The summed E-state index contributed by atoms with van der Waals surface area (Å²) in [7, 11) is 1.91. The lowest BCUT2D eigenvalue weighted by molar-refractivity contribution is -0.117. The summed E-state index contributed by atoms with van der Waals surface area (Å²) in [6, 6.07) is 11.8. The number of rotatable bonds is 7. The average Bonchev–Trinajstić information content (AvgIpc) is 3.22. The van der Waals surface area contributed by atoms with Crippen molar-refractivity contribution in [3.05, 3.63) is 59.0 Å². The van der Waals surface area contributed by atoms with Crippen molar-refractivity contribution in [2.45, 2.75) is 40.2 Å². The molecule has 0 aliphatic heterocycles. The summed E-state index contributed by atoms with van der Waals surface area (Å²) >= 11 is 0. The number of hydrogen-bond acceptors (Lipinski definition) is 5. The zero-order valence-electron chi connectivity index (χ0n) is 17.1. The van der Waals surface area contributed by atoms with Gasteiger partial charge in [-0.2, -0.15) is 5.10 Å². The van der Waals surface area contributed by atoms with Gasteiger partial charge in [0.15, 0.2) is 0 Å². The summed E-state index contributed by atoms with van der Waals surface area (Å²) in [5, 5.41) is 11.4. The summed E-state index contributed by atoms with van der Waals surface area (Å²) in [5.74, 6) is 0.496. The Bertz CT molecular complexity index is 943. The number of carbonyl (C=O) groups excluding carboxylic acids is 1. The van der Waals surface area contributed by atoms with Gasteiger partial charge in [-0.15, -0.1) is 0 Å². The van der Waals surface area contributed by atoms with Gasteiger partial charge in [-0.25, -0.2) is 4.68 Å². The monoisotopic (exact) mass is 381 g/mol. The fraction of sp³-hybridized carbons (Fsp3) is 0.381.